The summed E-state index contributed by atoms with van der Waals surface area (Å²) >= 11 is 0. The van der Waals surface area contributed by atoms with Gasteiger partial charge in [-0.15, -0.1) is 0 Å². The van der Waals surface area contributed by atoms with Crippen LogP contribution in [0, 0.1) is 18.7 Å². The zero-order chi connectivity index (χ0) is 22.7. The molecule has 0 spiro atoms. The van der Waals surface area contributed by atoms with Crippen molar-refractivity contribution in [3.63, 3.8) is 0 Å². The van der Waals surface area contributed by atoms with Crippen molar-refractivity contribution in [3.8, 4) is 11.3 Å². The van der Waals surface area contributed by atoms with Crippen LogP contribution in [0.4, 0.5) is 15.8 Å². The molecule has 1 aromatic heterocycles. The average molecular weight is 437 g/mol. The number of nitrogens with one attached hydrogen (secondary N) is 1. The number of carbonyl (C=O) groups is 1. The van der Waals surface area contributed by atoms with E-state index in [1.54, 1.807) is 25.1 Å². The third-order valence-corrected chi connectivity index (χ3v) is 5.95. The van der Waals surface area contributed by atoms with Crippen LogP contribution in [0.1, 0.15) is 29.0 Å². The van der Waals surface area contributed by atoms with E-state index in [0.717, 1.165) is 31.2 Å². The van der Waals surface area contributed by atoms with Gasteiger partial charge in [-0.05, 0) is 76.2 Å². The highest BCUT2D eigenvalue weighted by atomic mass is 19.1. The molecule has 7 heteroatoms. The van der Waals surface area contributed by atoms with Crippen molar-refractivity contribution < 1.29 is 13.7 Å². The molecule has 0 aliphatic carbocycles. The van der Waals surface area contributed by atoms with E-state index in [4.69, 9.17) is 4.52 Å². The van der Waals surface area contributed by atoms with Crippen LogP contribution in [0.15, 0.2) is 53.1 Å². The summed E-state index contributed by atoms with van der Waals surface area (Å²) in [6, 6.07) is 14.1. The number of anilines is 2. The van der Waals surface area contributed by atoms with Gasteiger partial charge in [-0.1, -0.05) is 17.3 Å². The number of benzene rings is 2. The van der Waals surface area contributed by atoms with Gasteiger partial charge < -0.3 is 19.6 Å². The van der Waals surface area contributed by atoms with Gasteiger partial charge in [0, 0.05) is 36.6 Å². The highest BCUT2D eigenvalue weighted by Crippen LogP contribution is 2.29. The lowest BCUT2D eigenvalue weighted by Gasteiger charge is -2.34. The molecule has 3 aromatic rings. The summed E-state index contributed by atoms with van der Waals surface area (Å²) in [5, 5.41) is 6.81. The SMILES string of the molecule is Cc1onc(-c2ccccc2F)c1C(=O)Nc1ccc(N2CCC(CN(C)C)CC2)cc1. The maximum atomic E-state index is 14.2. The molecule has 0 bridgehead atoms. The number of piperidine rings is 1. The molecular formula is C25H29FN4O2. The molecule has 2 aromatic carbocycles. The Labute approximate surface area is 188 Å². The number of amides is 1. The van der Waals surface area contributed by atoms with Crippen molar-refractivity contribution in [2.24, 2.45) is 5.92 Å². The fourth-order valence-electron chi connectivity index (χ4n) is 4.32. The average Bonchev–Trinajstić information content (AvgIpc) is 3.16. The second-order valence-electron chi connectivity index (χ2n) is 8.64. The van der Waals surface area contributed by atoms with E-state index < -0.39 is 5.82 Å². The van der Waals surface area contributed by atoms with Gasteiger partial charge in [0.05, 0.1) is 0 Å². The zero-order valence-corrected chi connectivity index (χ0v) is 18.8. The summed E-state index contributed by atoms with van der Waals surface area (Å²) in [7, 11) is 4.25. The van der Waals surface area contributed by atoms with Crippen molar-refractivity contribution in [2.45, 2.75) is 19.8 Å². The van der Waals surface area contributed by atoms with Gasteiger partial charge >= 0.3 is 0 Å². The molecule has 168 valence electrons. The first kappa shape index (κ1) is 22.0. The van der Waals surface area contributed by atoms with Gasteiger partial charge in [-0.25, -0.2) is 4.39 Å². The zero-order valence-electron chi connectivity index (χ0n) is 18.8. The van der Waals surface area contributed by atoms with Gasteiger partial charge in [0.15, 0.2) is 0 Å². The standard InChI is InChI=1S/C25H29FN4O2/c1-17-23(24(28-32-17)21-6-4-5-7-22(21)26)25(31)27-19-8-10-20(11-9-19)30-14-12-18(13-15-30)16-29(2)3/h4-11,18H,12-16H2,1-3H3,(H,27,31). The number of carbonyl (C=O) groups excluding carboxylic acids is 1. The fourth-order valence-corrected chi connectivity index (χ4v) is 4.32. The molecule has 1 aliphatic rings. The van der Waals surface area contributed by atoms with E-state index in [1.807, 2.05) is 24.3 Å². The quantitative estimate of drug-likeness (QED) is 0.600. The maximum absolute atomic E-state index is 14.2. The normalized spacial score (nSPS) is 14.7. The number of halogens is 1. The van der Waals surface area contributed by atoms with Gasteiger partial charge in [0.1, 0.15) is 22.8 Å². The van der Waals surface area contributed by atoms with E-state index in [0.29, 0.717) is 11.4 Å². The molecule has 0 saturated carbocycles. The Morgan fingerprint density at radius 2 is 1.84 bits per heavy atom. The van der Waals surface area contributed by atoms with E-state index in [9.17, 15) is 9.18 Å². The Kier molecular flexibility index (Phi) is 6.55. The molecule has 1 amide bonds. The lowest BCUT2D eigenvalue weighted by Crippen LogP contribution is -2.37. The topological polar surface area (TPSA) is 61.6 Å². The molecule has 0 atom stereocenters. The Balaban J connectivity index is 1.43. The molecule has 1 N–H and O–H groups in total. The van der Waals surface area contributed by atoms with Crippen molar-refractivity contribution in [3.05, 3.63) is 65.7 Å². The molecule has 1 saturated heterocycles. The van der Waals surface area contributed by atoms with Crippen LogP contribution in [0.2, 0.25) is 0 Å². The predicted molar refractivity (Wildman–Crippen MR) is 125 cm³/mol. The Morgan fingerprint density at radius 1 is 1.16 bits per heavy atom. The summed E-state index contributed by atoms with van der Waals surface area (Å²) in [6.45, 7) is 4.86. The van der Waals surface area contributed by atoms with Crippen LogP contribution >= 0.6 is 0 Å². The van der Waals surface area contributed by atoms with Crippen LogP contribution in [-0.4, -0.2) is 49.7 Å². The van der Waals surface area contributed by atoms with Crippen LogP contribution in [-0.2, 0) is 0 Å². The van der Waals surface area contributed by atoms with Gasteiger partial charge in [0.2, 0.25) is 0 Å². The Hall–Kier alpha value is -3.19. The van der Waals surface area contributed by atoms with E-state index >= 15 is 0 Å². The van der Waals surface area contributed by atoms with Crippen molar-refractivity contribution in [1.29, 1.82) is 0 Å². The molecule has 4 rings (SSSR count). The van der Waals surface area contributed by atoms with Crippen molar-refractivity contribution in [1.82, 2.24) is 10.1 Å². The highest BCUT2D eigenvalue weighted by molar-refractivity contribution is 6.08. The minimum atomic E-state index is -0.450. The number of hydrogen-bond donors (Lipinski definition) is 1. The second-order valence-corrected chi connectivity index (χ2v) is 8.64. The summed E-state index contributed by atoms with van der Waals surface area (Å²) in [6.07, 6.45) is 2.37. The minimum absolute atomic E-state index is 0.204. The largest absolute Gasteiger partial charge is 0.372 e. The molecule has 32 heavy (non-hydrogen) atoms. The first-order valence-electron chi connectivity index (χ1n) is 10.9. The number of aryl methyl sites for hydroxylation is 1. The molecule has 1 fully saturated rings. The van der Waals surface area contributed by atoms with E-state index in [1.165, 1.54) is 18.9 Å². The summed E-state index contributed by atoms with van der Waals surface area (Å²) < 4.78 is 19.4. The second kappa shape index (κ2) is 9.53. The fraction of sp³-hybridized carbons (Fsp3) is 0.360. The van der Waals surface area contributed by atoms with Crippen LogP contribution in [0.3, 0.4) is 0 Å². The Bertz CT molecular complexity index is 1070. The summed E-state index contributed by atoms with van der Waals surface area (Å²) in [5.74, 6) is 0.265. The first-order valence-corrected chi connectivity index (χ1v) is 10.9. The number of hydrogen-bond acceptors (Lipinski definition) is 5. The lowest BCUT2D eigenvalue weighted by molar-refractivity contribution is 0.102. The minimum Gasteiger partial charge on any atom is -0.372 e. The summed E-state index contributed by atoms with van der Waals surface area (Å²) in [4.78, 5) is 17.6. The maximum Gasteiger partial charge on any atom is 0.261 e. The Morgan fingerprint density at radius 3 is 2.50 bits per heavy atom. The number of nitrogens with zero attached hydrogens (tertiary/aromatic N) is 3. The predicted octanol–water partition coefficient (Wildman–Crippen LogP) is 4.82. The smallest absolute Gasteiger partial charge is 0.261 e. The molecule has 1 aliphatic heterocycles. The van der Waals surface area contributed by atoms with E-state index in [-0.39, 0.29) is 22.7 Å². The van der Waals surface area contributed by atoms with Gasteiger partial charge in [-0.3, -0.25) is 4.79 Å². The molecule has 0 radical (unpaired) electrons. The van der Waals surface area contributed by atoms with Crippen LogP contribution in [0.5, 0.6) is 0 Å². The van der Waals surface area contributed by atoms with Gasteiger partial charge in [0.25, 0.3) is 5.91 Å². The van der Waals surface area contributed by atoms with Crippen molar-refractivity contribution >= 4 is 17.3 Å². The number of aromatic nitrogens is 1. The molecule has 6 nitrogen and oxygen atoms in total. The van der Waals surface area contributed by atoms with Crippen LogP contribution < -0.4 is 10.2 Å². The first-order chi connectivity index (χ1) is 15.4. The monoisotopic (exact) mass is 436 g/mol. The third-order valence-electron chi connectivity index (χ3n) is 5.95. The third kappa shape index (κ3) is 4.83. The summed E-state index contributed by atoms with van der Waals surface area (Å²) in [5.41, 5.74) is 2.50. The highest BCUT2D eigenvalue weighted by Gasteiger charge is 2.24. The van der Waals surface area contributed by atoms with Crippen LogP contribution in [0.25, 0.3) is 11.3 Å². The van der Waals surface area contributed by atoms with Crippen molar-refractivity contribution in [2.75, 3.05) is 43.9 Å². The lowest BCUT2D eigenvalue weighted by atomic mass is 9.96. The molecular weight excluding hydrogens is 407 g/mol. The number of rotatable bonds is 6. The van der Waals surface area contributed by atoms with E-state index in [2.05, 4.69) is 34.4 Å². The molecule has 0 unspecified atom stereocenters. The molecule has 2 heterocycles. The van der Waals surface area contributed by atoms with Gasteiger partial charge in [-0.2, -0.15) is 0 Å².